The molecule has 0 N–H and O–H groups in total. The molecule has 1 rings (SSSR count). The second kappa shape index (κ2) is 4.99. The maximum Gasteiger partial charge on any atom is 0.0946 e. The molecule has 13 heavy (non-hydrogen) atoms. The van der Waals surface area contributed by atoms with Crippen LogP contribution in [0.1, 0.15) is 49.5 Å². The molecule has 0 aliphatic carbocycles. The highest BCUT2D eigenvalue weighted by Crippen LogP contribution is 2.39. The Kier molecular flexibility index (Phi) is 5.93. The van der Waals surface area contributed by atoms with Gasteiger partial charge in [-0.3, -0.25) is 0 Å². The Morgan fingerprint density at radius 2 is 1.15 bits per heavy atom. The lowest BCUT2D eigenvalue weighted by Gasteiger charge is -2.60. The van der Waals surface area contributed by atoms with E-state index in [-0.39, 0.29) is 14.9 Å². The summed E-state index contributed by atoms with van der Waals surface area (Å²) in [4.78, 5) is 0. The highest BCUT2D eigenvalue weighted by atomic mass is 15.4. The van der Waals surface area contributed by atoms with Crippen molar-refractivity contribution in [3.63, 3.8) is 0 Å². The van der Waals surface area contributed by atoms with Gasteiger partial charge in [0.1, 0.15) is 0 Å². The lowest BCUT2D eigenvalue weighted by Crippen LogP contribution is -2.74. The van der Waals surface area contributed by atoms with Gasteiger partial charge in [-0.05, 0) is 27.7 Å². The summed E-state index contributed by atoms with van der Waals surface area (Å²) in [7, 11) is 0. The molecular formula is C12H30N+. The van der Waals surface area contributed by atoms with Gasteiger partial charge < -0.3 is 4.48 Å². The zero-order valence-electron chi connectivity index (χ0n) is 8.59. The van der Waals surface area contributed by atoms with Gasteiger partial charge in [0.05, 0.1) is 31.1 Å². The van der Waals surface area contributed by atoms with Crippen LogP contribution in [0.25, 0.3) is 0 Å². The van der Waals surface area contributed by atoms with E-state index in [1.807, 2.05) is 0 Å². The third-order valence-electron chi connectivity index (χ3n) is 4.32. The quantitative estimate of drug-likeness (QED) is 0.581. The molecule has 0 saturated carbocycles. The van der Waals surface area contributed by atoms with Crippen LogP contribution < -0.4 is 0 Å². The lowest BCUT2D eigenvalue weighted by atomic mass is 9.79. The summed E-state index contributed by atoms with van der Waals surface area (Å²) in [6.07, 6.45) is 0. The second-order valence-corrected chi connectivity index (χ2v) is 4.08. The van der Waals surface area contributed by atoms with Crippen LogP contribution in [0, 0.1) is 5.92 Å². The molecule has 1 nitrogen and oxygen atoms in total. The van der Waals surface area contributed by atoms with Gasteiger partial charge in [0.2, 0.25) is 0 Å². The van der Waals surface area contributed by atoms with Gasteiger partial charge in [0.15, 0.2) is 0 Å². The standard InChI is InChI=1S/C10H22N.2CH4/c1-6-11(7-2)9(4)8(3)10(11)5;;/h8-10H,6-7H2,1-5H3;2*1H4/q+1;;. The molecule has 0 spiro atoms. The van der Waals surface area contributed by atoms with Gasteiger partial charge in [0.25, 0.3) is 0 Å². The van der Waals surface area contributed by atoms with E-state index in [4.69, 9.17) is 0 Å². The minimum Gasteiger partial charge on any atom is -0.319 e. The van der Waals surface area contributed by atoms with Crippen LogP contribution in [-0.2, 0) is 0 Å². The van der Waals surface area contributed by atoms with Crippen molar-refractivity contribution in [2.75, 3.05) is 13.1 Å². The van der Waals surface area contributed by atoms with Crippen LogP contribution in [0.5, 0.6) is 0 Å². The Morgan fingerprint density at radius 3 is 1.31 bits per heavy atom. The van der Waals surface area contributed by atoms with Crippen molar-refractivity contribution in [3.8, 4) is 0 Å². The molecule has 1 heteroatoms. The summed E-state index contributed by atoms with van der Waals surface area (Å²) < 4.78 is 1.35. The third kappa shape index (κ3) is 1.76. The Morgan fingerprint density at radius 1 is 0.846 bits per heavy atom. The van der Waals surface area contributed by atoms with E-state index in [1.54, 1.807) is 0 Å². The summed E-state index contributed by atoms with van der Waals surface area (Å²) in [6, 6.07) is 1.78. The fourth-order valence-electron chi connectivity index (χ4n) is 2.98. The average Bonchev–Trinajstić information content (AvgIpc) is 2.06. The van der Waals surface area contributed by atoms with Gasteiger partial charge in [0, 0.05) is 0 Å². The molecule has 1 saturated heterocycles. The fraction of sp³-hybridized carbons (Fsp3) is 1.00. The molecule has 0 amide bonds. The van der Waals surface area contributed by atoms with Gasteiger partial charge in [-0.25, -0.2) is 0 Å². The minimum absolute atomic E-state index is 0. The first kappa shape index (κ1) is 15.4. The molecule has 1 heterocycles. The van der Waals surface area contributed by atoms with E-state index in [2.05, 4.69) is 34.6 Å². The summed E-state index contributed by atoms with van der Waals surface area (Å²) >= 11 is 0. The van der Waals surface area contributed by atoms with Crippen LogP contribution in [0.2, 0.25) is 0 Å². The Labute approximate surface area is 85.7 Å². The maximum absolute atomic E-state index is 2.40. The maximum atomic E-state index is 2.40. The summed E-state index contributed by atoms with van der Waals surface area (Å²) in [6.45, 7) is 14.4. The van der Waals surface area contributed by atoms with Gasteiger partial charge in [-0.15, -0.1) is 0 Å². The number of likely N-dealkylation sites (tertiary alicyclic amines) is 1. The SMILES string of the molecule is C.C.CC[N+]1(CC)C(C)C(C)C1C. The van der Waals surface area contributed by atoms with Crippen molar-refractivity contribution >= 4 is 0 Å². The average molecular weight is 188 g/mol. The first-order valence-electron chi connectivity index (χ1n) is 4.96. The molecule has 0 aromatic carbocycles. The van der Waals surface area contributed by atoms with Crippen molar-refractivity contribution in [1.82, 2.24) is 0 Å². The van der Waals surface area contributed by atoms with Crippen molar-refractivity contribution in [2.24, 2.45) is 5.92 Å². The Hall–Kier alpha value is -0.0400. The van der Waals surface area contributed by atoms with Gasteiger partial charge >= 0.3 is 0 Å². The van der Waals surface area contributed by atoms with Crippen LogP contribution in [0.3, 0.4) is 0 Å². The smallest absolute Gasteiger partial charge is 0.0946 e. The Bertz CT molecular complexity index is 126. The molecular weight excluding hydrogens is 158 g/mol. The van der Waals surface area contributed by atoms with E-state index in [0.717, 1.165) is 18.0 Å². The summed E-state index contributed by atoms with van der Waals surface area (Å²) in [5, 5.41) is 0. The molecule has 0 radical (unpaired) electrons. The largest absolute Gasteiger partial charge is 0.319 e. The zero-order chi connectivity index (χ0) is 8.65. The number of hydrogen-bond donors (Lipinski definition) is 0. The summed E-state index contributed by atoms with van der Waals surface area (Å²) in [5.74, 6) is 0.926. The molecule has 0 aromatic rings. The van der Waals surface area contributed by atoms with Crippen molar-refractivity contribution in [2.45, 2.75) is 61.6 Å². The van der Waals surface area contributed by atoms with E-state index in [1.165, 1.54) is 17.6 Å². The summed E-state index contributed by atoms with van der Waals surface area (Å²) in [5.41, 5.74) is 0. The lowest BCUT2D eigenvalue weighted by molar-refractivity contribution is -1.02. The first-order valence-corrected chi connectivity index (χ1v) is 4.96. The van der Waals surface area contributed by atoms with E-state index in [0.29, 0.717) is 0 Å². The number of quaternary nitrogens is 1. The number of rotatable bonds is 2. The monoisotopic (exact) mass is 188 g/mol. The molecule has 0 aromatic heterocycles. The highest BCUT2D eigenvalue weighted by Gasteiger charge is 2.53. The van der Waals surface area contributed by atoms with Crippen molar-refractivity contribution < 1.29 is 4.48 Å². The predicted octanol–water partition coefficient (Wildman–Crippen LogP) is 3.54. The van der Waals surface area contributed by atoms with E-state index >= 15 is 0 Å². The van der Waals surface area contributed by atoms with Crippen molar-refractivity contribution in [1.29, 1.82) is 0 Å². The van der Waals surface area contributed by atoms with Crippen LogP contribution in [0.15, 0.2) is 0 Å². The van der Waals surface area contributed by atoms with Crippen molar-refractivity contribution in [3.05, 3.63) is 0 Å². The van der Waals surface area contributed by atoms with Crippen LogP contribution >= 0.6 is 0 Å². The van der Waals surface area contributed by atoms with Gasteiger partial charge in [-0.1, -0.05) is 21.8 Å². The molecule has 0 bridgehead atoms. The highest BCUT2D eigenvalue weighted by molar-refractivity contribution is 4.81. The first-order chi connectivity index (χ1) is 5.10. The molecule has 1 aliphatic heterocycles. The fourth-order valence-corrected chi connectivity index (χ4v) is 2.98. The number of nitrogens with zero attached hydrogens (tertiary/aromatic N) is 1. The topological polar surface area (TPSA) is 0 Å². The normalized spacial score (nSPS) is 35.3. The van der Waals surface area contributed by atoms with E-state index in [9.17, 15) is 0 Å². The minimum atomic E-state index is 0. The van der Waals surface area contributed by atoms with Crippen LogP contribution in [-0.4, -0.2) is 29.7 Å². The third-order valence-corrected chi connectivity index (χ3v) is 4.32. The predicted molar refractivity (Wildman–Crippen MR) is 62.9 cm³/mol. The number of hydrogen-bond acceptors (Lipinski definition) is 0. The second-order valence-electron chi connectivity index (χ2n) is 4.08. The van der Waals surface area contributed by atoms with E-state index < -0.39 is 0 Å². The molecule has 1 fully saturated rings. The van der Waals surface area contributed by atoms with Gasteiger partial charge in [-0.2, -0.15) is 0 Å². The molecule has 2 atom stereocenters. The molecule has 2 unspecified atom stereocenters. The zero-order valence-corrected chi connectivity index (χ0v) is 8.59. The van der Waals surface area contributed by atoms with Crippen LogP contribution in [0.4, 0.5) is 0 Å². The molecule has 82 valence electrons. The Balaban J connectivity index is 0. The molecule has 1 aliphatic rings.